The van der Waals surface area contributed by atoms with Crippen LogP contribution >= 0.6 is 0 Å². The molecule has 2 aliphatic rings. The topological polar surface area (TPSA) is 45.3 Å². The quantitative estimate of drug-likeness (QED) is 0.843. The summed E-state index contributed by atoms with van der Waals surface area (Å²) in [5.74, 6) is 0.466. The molecule has 26 heavy (non-hydrogen) atoms. The zero-order chi connectivity index (χ0) is 18.3. The van der Waals surface area contributed by atoms with Gasteiger partial charge in [-0.05, 0) is 43.7 Å². The number of esters is 1. The minimum absolute atomic E-state index is 0.0779. The molecular formula is C22H30N2O2. The Kier molecular flexibility index (Phi) is 4.55. The van der Waals surface area contributed by atoms with Crippen LogP contribution in [0.15, 0.2) is 24.3 Å². The molecular weight excluding hydrogens is 324 g/mol. The minimum atomic E-state index is -0.587. The number of piperidine rings is 1. The Morgan fingerprint density at radius 1 is 1.38 bits per heavy atom. The van der Waals surface area contributed by atoms with E-state index in [4.69, 9.17) is 4.74 Å². The molecule has 0 saturated carbocycles. The van der Waals surface area contributed by atoms with Crippen molar-refractivity contribution in [3.8, 4) is 0 Å². The SMILES string of the molecule is CCCC[C@@H]1CN2CCc3c([nH]c4ccccc34)C(C(=O)OC)(C1)C2C. The third kappa shape index (κ3) is 2.50. The lowest BCUT2D eigenvalue weighted by atomic mass is 9.67. The van der Waals surface area contributed by atoms with Crippen LogP contribution in [-0.4, -0.2) is 42.1 Å². The third-order valence-electron chi connectivity index (χ3n) is 6.79. The first-order valence-electron chi connectivity index (χ1n) is 10.0. The average molecular weight is 354 g/mol. The van der Waals surface area contributed by atoms with Gasteiger partial charge < -0.3 is 9.72 Å². The van der Waals surface area contributed by atoms with Crippen LogP contribution in [0, 0.1) is 5.92 Å². The largest absolute Gasteiger partial charge is 0.468 e. The number of H-pyrrole nitrogens is 1. The highest BCUT2D eigenvalue weighted by molar-refractivity contribution is 5.91. The highest BCUT2D eigenvalue weighted by Crippen LogP contribution is 2.47. The van der Waals surface area contributed by atoms with E-state index in [1.54, 1.807) is 0 Å². The van der Waals surface area contributed by atoms with E-state index < -0.39 is 5.41 Å². The summed E-state index contributed by atoms with van der Waals surface area (Å²) in [5, 5.41) is 1.26. The molecule has 4 rings (SSSR count). The van der Waals surface area contributed by atoms with Gasteiger partial charge in [-0.2, -0.15) is 0 Å². The fraction of sp³-hybridized carbons (Fsp3) is 0.591. The van der Waals surface area contributed by atoms with Crippen LogP contribution in [0.25, 0.3) is 10.9 Å². The summed E-state index contributed by atoms with van der Waals surface area (Å²) in [7, 11) is 1.54. The second-order valence-electron chi connectivity index (χ2n) is 8.12. The third-order valence-corrected chi connectivity index (χ3v) is 6.79. The minimum Gasteiger partial charge on any atom is -0.468 e. The number of methoxy groups -OCH3 is 1. The van der Waals surface area contributed by atoms with E-state index in [0.29, 0.717) is 5.92 Å². The molecule has 0 aliphatic carbocycles. The van der Waals surface area contributed by atoms with Crippen LogP contribution in [0.1, 0.15) is 50.8 Å². The monoisotopic (exact) mass is 354 g/mol. The van der Waals surface area contributed by atoms with Gasteiger partial charge in [-0.3, -0.25) is 9.69 Å². The molecule has 3 heterocycles. The number of unbranched alkanes of at least 4 members (excludes halogenated alkanes) is 1. The van der Waals surface area contributed by atoms with Crippen LogP contribution in [0.3, 0.4) is 0 Å². The standard InChI is InChI=1S/C22H30N2O2/c1-4-5-8-16-13-22(21(25)26-3)15(2)24(14-16)12-11-18-17-9-6-7-10-19(17)23-20(18)22/h6-7,9-10,15-16,23H,4-5,8,11-14H2,1-3H3/t15?,16-,22?/m0/s1. The van der Waals surface area contributed by atoms with Gasteiger partial charge >= 0.3 is 5.97 Å². The molecule has 0 amide bonds. The molecule has 2 aliphatic heterocycles. The maximum absolute atomic E-state index is 13.3. The number of aromatic nitrogens is 1. The maximum Gasteiger partial charge on any atom is 0.319 e. The van der Waals surface area contributed by atoms with Gasteiger partial charge in [0.15, 0.2) is 0 Å². The Bertz CT molecular complexity index is 812. The van der Waals surface area contributed by atoms with E-state index in [1.807, 2.05) is 0 Å². The molecule has 140 valence electrons. The second-order valence-corrected chi connectivity index (χ2v) is 8.12. The molecule has 4 heteroatoms. The van der Waals surface area contributed by atoms with E-state index in [1.165, 1.54) is 37.3 Å². The van der Waals surface area contributed by atoms with E-state index in [0.717, 1.165) is 37.1 Å². The van der Waals surface area contributed by atoms with Crippen LogP contribution in [0.4, 0.5) is 0 Å². The summed E-state index contributed by atoms with van der Waals surface area (Å²) in [6, 6.07) is 8.60. The number of carbonyl (C=O) groups excluding carboxylic acids is 1. The molecule has 4 atom stereocenters. The van der Waals surface area contributed by atoms with E-state index in [9.17, 15) is 4.79 Å². The van der Waals surface area contributed by atoms with Crippen molar-refractivity contribution >= 4 is 16.9 Å². The predicted octanol–water partition coefficient (Wildman–Crippen LogP) is 4.04. The zero-order valence-corrected chi connectivity index (χ0v) is 16.2. The number of nitrogens with one attached hydrogen (secondary N) is 1. The Morgan fingerprint density at radius 3 is 2.96 bits per heavy atom. The van der Waals surface area contributed by atoms with Crippen molar-refractivity contribution in [2.45, 2.75) is 57.4 Å². The number of benzene rings is 1. The fourth-order valence-electron chi connectivity index (χ4n) is 5.41. The number of fused-ring (bicyclic) bond motifs is 6. The van der Waals surface area contributed by atoms with Crippen LogP contribution in [0.2, 0.25) is 0 Å². The number of hydrogen-bond acceptors (Lipinski definition) is 3. The van der Waals surface area contributed by atoms with Gasteiger partial charge in [0.2, 0.25) is 0 Å². The molecule has 1 aromatic carbocycles. The van der Waals surface area contributed by atoms with E-state index in [-0.39, 0.29) is 12.0 Å². The Labute approximate surface area is 155 Å². The number of ether oxygens (including phenoxy) is 1. The molecule has 0 radical (unpaired) electrons. The second kappa shape index (κ2) is 6.73. The number of hydrogen-bond donors (Lipinski definition) is 1. The van der Waals surface area contributed by atoms with Crippen molar-refractivity contribution in [2.75, 3.05) is 20.2 Å². The Morgan fingerprint density at radius 2 is 2.19 bits per heavy atom. The molecule has 2 bridgehead atoms. The smallest absolute Gasteiger partial charge is 0.319 e. The number of rotatable bonds is 4. The molecule has 1 fully saturated rings. The van der Waals surface area contributed by atoms with Gasteiger partial charge in [-0.15, -0.1) is 0 Å². The molecule has 3 unspecified atom stereocenters. The van der Waals surface area contributed by atoms with Gasteiger partial charge in [0.25, 0.3) is 0 Å². The summed E-state index contributed by atoms with van der Waals surface area (Å²) < 4.78 is 5.41. The fourth-order valence-corrected chi connectivity index (χ4v) is 5.41. The summed E-state index contributed by atoms with van der Waals surface area (Å²) in [6.45, 7) is 6.57. The van der Waals surface area contributed by atoms with Gasteiger partial charge in [0.1, 0.15) is 5.41 Å². The highest BCUT2D eigenvalue weighted by atomic mass is 16.5. The van der Waals surface area contributed by atoms with Gasteiger partial charge in [0, 0.05) is 35.7 Å². The molecule has 1 aromatic heterocycles. The summed E-state index contributed by atoms with van der Waals surface area (Å²) in [5.41, 5.74) is 2.98. The van der Waals surface area contributed by atoms with Crippen molar-refractivity contribution in [3.63, 3.8) is 0 Å². The summed E-state index contributed by atoms with van der Waals surface area (Å²) in [6.07, 6.45) is 5.49. The first-order valence-corrected chi connectivity index (χ1v) is 10.0. The van der Waals surface area contributed by atoms with E-state index >= 15 is 0 Å². The molecule has 1 saturated heterocycles. The average Bonchev–Trinajstić information content (AvgIpc) is 3.02. The Balaban J connectivity index is 1.89. The molecule has 0 spiro atoms. The van der Waals surface area contributed by atoms with Crippen molar-refractivity contribution in [3.05, 3.63) is 35.5 Å². The first-order chi connectivity index (χ1) is 12.6. The lowest BCUT2D eigenvalue weighted by Gasteiger charge is -2.48. The summed E-state index contributed by atoms with van der Waals surface area (Å²) in [4.78, 5) is 19.4. The zero-order valence-electron chi connectivity index (χ0n) is 16.2. The van der Waals surface area contributed by atoms with Crippen molar-refractivity contribution < 1.29 is 9.53 Å². The predicted molar refractivity (Wildman–Crippen MR) is 104 cm³/mol. The highest BCUT2D eigenvalue weighted by Gasteiger charge is 2.55. The maximum atomic E-state index is 13.3. The number of aromatic amines is 1. The lowest BCUT2D eigenvalue weighted by Crippen LogP contribution is -2.59. The van der Waals surface area contributed by atoms with Gasteiger partial charge in [-0.25, -0.2) is 0 Å². The normalized spacial score (nSPS) is 30.7. The van der Waals surface area contributed by atoms with Crippen molar-refractivity contribution in [1.82, 2.24) is 9.88 Å². The number of nitrogens with zero attached hydrogens (tertiary/aromatic N) is 1. The van der Waals surface area contributed by atoms with Crippen molar-refractivity contribution in [2.24, 2.45) is 5.92 Å². The molecule has 2 aromatic rings. The summed E-state index contributed by atoms with van der Waals surface area (Å²) >= 11 is 0. The first kappa shape index (κ1) is 17.6. The van der Waals surface area contributed by atoms with Gasteiger partial charge in [-0.1, -0.05) is 38.0 Å². The van der Waals surface area contributed by atoms with Crippen LogP contribution in [-0.2, 0) is 21.4 Å². The van der Waals surface area contributed by atoms with Crippen molar-refractivity contribution in [1.29, 1.82) is 0 Å². The number of para-hydroxylation sites is 1. The number of carbonyl (C=O) groups is 1. The molecule has 4 nitrogen and oxygen atoms in total. The van der Waals surface area contributed by atoms with Crippen LogP contribution in [0.5, 0.6) is 0 Å². The van der Waals surface area contributed by atoms with E-state index in [2.05, 4.69) is 48.0 Å². The Hall–Kier alpha value is -1.81. The van der Waals surface area contributed by atoms with Crippen LogP contribution < -0.4 is 0 Å². The van der Waals surface area contributed by atoms with Gasteiger partial charge in [0.05, 0.1) is 7.11 Å². The lowest BCUT2D eigenvalue weighted by molar-refractivity contribution is -0.154. The molecule has 1 N–H and O–H groups in total.